The second-order valence-electron chi connectivity index (χ2n) is 3.08. The van der Waals surface area contributed by atoms with Crippen LogP contribution in [0.5, 0.6) is 0 Å². The molecule has 18 heavy (non-hydrogen) atoms. The maximum absolute atomic E-state index is 11.5. The monoisotopic (exact) mass is 323 g/mol. The molecule has 0 aromatic carbocycles. The van der Waals surface area contributed by atoms with E-state index in [9.17, 15) is 21.6 Å². The largest absolute Gasteiger partial charge is 0.362 e. The van der Waals surface area contributed by atoms with Crippen molar-refractivity contribution in [2.24, 2.45) is 5.84 Å². The van der Waals surface area contributed by atoms with Crippen molar-refractivity contribution in [1.29, 1.82) is 0 Å². The summed E-state index contributed by atoms with van der Waals surface area (Å²) in [5.41, 5.74) is 3.46. The number of alkyl halides is 1. The van der Waals surface area contributed by atoms with Crippen molar-refractivity contribution in [1.82, 2.24) is 19.8 Å². The molecule has 0 fully saturated rings. The fraction of sp³-hybridized carbons (Fsp3) is 0.800. The smallest absolute Gasteiger partial charge is 0.258 e. The van der Waals surface area contributed by atoms with E-state index in [1.807, 2.05) is 0 Å². The third kappa shape index (κ3) is 4.91. The molecule has 0 atom stereocenters. The van der Waals surface area contributed by atoms with E-state index in [1.54, 1.807) is 11.0 Å². The van der Waals surface area contributed by atoms with Gasteiger partial charge in [0.1, 0.15) is 0 Å². The van der Waals surface area contributed by atoms with E-state index in [0.29, 0.717) is 10.7 Å². The first-order valence-corrected chi connectivity index (χ1v) is 8.58. The summed E-state index contributed by atoms with van der Waals surface area (Å²) in [5.74, 6) is 4.59. The van der Waals surface area contributed by atoms with E-state index in [2.05, 4.69) is 0 Å². The van der Waals surface area contributed by atoms with Gasteiger partial charge < -0.3 is 0 Å². The number of carbonyl (C=O) groups is 1. The molecule has 0 saturated carbocycles. The zero-order valence-electron chi connectivity index (χ0n) is 9.62. The molecule has 0 heterocycles. The second-order valence-corrected chi connectivity index (χ2v) is 7.16. The van der Waals surface area contributed by atoms with Crippen LogP contribution in [0.3, 0.4) is 0 Å². The van der Waals surface area contributed by atoms with Crippen LogP contribution in [0.4, 0.5) is 4.79 Å². The minimum absolute atomic E-state index is 0.0184. The van der Waals surface area contributed by atoms with Crippen molar-refractivity contribution in [3.63, 3.8) is 0 Å². The number of nitrogens with two attached hydrogens (primary N) is 1. The van der Waals surface area contributed by atoms with Crippen LogP contribution in [0.1, 0.15) is 0 Å². The molecule has 0 aromatic heterocycles. The summed E-state index contributed by atoms with van der Waals surface area (Å²) in [6, 6.07) is -1.28. The molecule has 10 nitrogen and oxygen atoms in total. The van der Waals surface area contributed by atoms with Gasteiger partial charge in [0, 0.05) is 12.4 Å². The Morgan fingerprint density at radius 2 is 1.72 bits per heavy atom. The Kier molecular flexibility index (Phi) is 6.25. The van der Waals surface area contributed by atoms with E-state index in [1.165, 1.54) is 0 Å². The number of amides is 2. The van der Waals surface area contributed by atoms with Gasteiger partial charge in [-0.1, -0.05) is 4.41 Å². The summed E-state index contributed by atoms with van der Waals surface area (Å²) in [6.45, 7) is -0.397. The first-order valence-electron chi connectivity index (χ1n) is 4.35. The summed E-state index contributed by atoms with van der Waals surface area (Å²) in [5, 5.41) is 0. The lowest BCUT2D eigenvalue weighted by Gasteiger charge is -2.29. The number of carbonyl (C=O) groups excluding carboxylic acids is 1. The van der Waals surface area contributed by atoms with Crippen molar-refractivity contribution in [2.75, 3.05) is 24.9 Å². The van der Waals surface area contributed by atoms with Gasteiger partial charge >= 0.3 is 6.03 Å². The Morgan fingerprint density at radius 1 is 1.22 bits per heavy atom. The first-order chi connectivity index (χ1) is 8.05. The normalized spacial score (nSPS) is 12.5. The van der Waals surface area contributed by atoms with E-state index in [-0.39, 0.29) is 10.3 Å². The lowest BCUT2D eigenvalue weighted by molar-refractivity contribution is 0.160. The lowest BCUT2D eigenvalue weighted by atomic mass is 10.8. The molecule has 0 aromatic rings. The van der Waals surface area contributed by atoms with E-state index < -0.39 is 32.6 Å². The Labute approximate surface area is 110 Å². The molecule has 4 N–H and O–H groups in total. The summed E-state index contributed by atoms with van der Waals surface area (Å²) in [4.78, 5) is 11.5. The zero-order chi connectivity index (χ0) is 14.6. The number of rotatable bonds is 6. The Morgan fingerprint density at radius 3 is 2.00 bits per heavy atom. The number of nitrogens with one attached hydrogen (secondary N) is 2. The zero-order valence-corrected chi connectivity index (χ0v) is 12.0. The van der Waals surface area contributed by atoms with E-state index in [4.69, 9.17) is 17.4 Å². The first kappa shape index (κ1) is 17.3. The maximum atomic E-state index is 11.5. The average Bonchev–Trinajstić information content (AvgIpc) is 2.13. The van der Waals surface area contributed by atoms with Gasteiger partial charge in [0.2, 0.25) is 10.0 Å². The van der Waals surface area contributed by atoms with Gasteiger partial charge in [-0.15, -0.1) is 16.0 Å². The van der Waals surface area contributed by atoms with Gasteiger partial charge in [0.15, 0.2) is 0 Å². The number of nitrogens with zero attached hydrogens (tertiary/aromatic N) is 2. The molecule has 0 bridgehead atoms. The Hall–Kier alpha value is -0.660. The van der Waals surface area contributed by atoms with Crippen molar-refractivity contribution in [2.45, 2.75) is 0 Å². The Balaban J connectivity index is 5.61. The van der Waals surface area contributed by atoms with Gasteiger partial charge in [0.25, 0.3) is 10.0 Å². The van der Waals surface area contributed by atoms with Crippen LogP contribution in [0.15, 0.2) is 0 Å². The minimum Gasteiger partial charge on any atom is -0.258 e. The topological polar surface area (TPSA) is 142 Å². The maximum Gasteiger partial charge on any atom is 0.362 e. The highest BCUT2D eigenvalue weighted by Gasteiger charge is 2.35. The summed E-state index contributed by atoms with van der Waals surface area (Å²) < 4.78 is 46.2. The standard InChI is InChI=1S/C5H14ClN5O5S2/c1-17(13,14)10(4-3-6)11(18(2,15)16)5(12)8-9-7/h9H,3-4,7H2,1-2H3,(H,8,12). The van der Waals surface area contributed by atoms with Crippen LogP contribution in [-0.4, -0.2) is 56.6 Å². The number of hydrogen-bond donors (Lipinski definition) is 3. The minimum atomic E-state index is -4.18. The summed E-state index contributed by atoms with van der Waals surface area (Å²) >= 11 is 5.38. The fourth-order valence-corrected chi connectivity index (χ4v) is 3.50. The third-order valence-electron chi connectivity index (χ3n) is 1.53. The van der Waals surface area contributed by atoms with Crippen molar-refractivity contribution >= 4 is 37.7 Å². The molecular weight excluding hydrogens is 310 g/mol. The molecule has 108 valence electrons. The van der Waals surface area contributed by atoms with Gasteiger partial charge in [0.05, 0.1) is 12.5 Å². The third-order valence-corrected chi connectivity index (χ3v) is 3.90. The van der Waals surface area contributed by atoms with E-state index in [0.717, 1.165) is 6.26 Å². The Bertz CT molecular complexity index is 490. The summed E-state index contributed by atoms with van der Waals surface area (Å²) in [7, 11) is -8.18. The van der Waals surface area contributed by atoms with Crippen molar-refractivity contribution in [3.8, 4) is 0 Å². The molecular formula is C5H14ClN5O5S2. The lowest BCUT2D eigenvalue weighted by Crippen LogP contribution is -2.59. The molecule has 0 radical (unpaired) electrons. The van der Waals surface area contributed by atoms with Gasteiger partial charge in [-0.2, -0.15) is 5.53 Å². The molecule has 0 aliphatic heterocycles. The van der Waals surface area contributed by atoms with Gasteiger partial charge in [-0.25, -0.2) is 21.6 Å². The van der Waals surface area contributed by atoms with Crippen LogP contribution in [0.25, 0.3) is 0 Å². The summed E-state index contributed by atoms with van der Waals surface area (Å²) in [6.07, 6.45) is 1.40. The molecule has 0 saturated heterocycles. The molecule has 0 unspecified atom stereocenters. The van der Waals surface area contributed by atoms with E-state index >= 15 is 0 Å². The number of sulfonamides is 2. The average molecular weight is 324 g/mol. The van der Waals surface area contributed by atoms with Crippen LogP contribution < -0.4 is 16.8 Å². The van der Waals surface area contributed by atoms with Crippen LogP contribution in [-0.2, 0) is 20.0 Å². The quantitative estimate of drug-likeness (QED) is 0.285. The molecule has 0 rings (SSSR count). The number of hydrazine groups is 3. The molecule has 0 spiro atoms. The highest BCUT2D eigenvalue weighted by atomic mass is 35.5. The molecule has 13 heteroatoms. The predicted molar refractivity (Wildman–Crippen MR) is 64.8 cm³/mol. The predicted octanol–water partition coefficient (Wildman–Crippen LogP) is -2.25. The number of halogens is 1. The SMILES string of the molecule is CS(=O)(=O)N(CCCl)N(C(=O)NNN)S(C)(=O)=O. The molecule has 0 aliphatic rings. The van der Waals surface area contributed by atoms with Gasteiger partial charge in [-0.05, 0) is 0 Å². The molecule has 0 aliphatic carbocycles. The molecule has 2 amide bonds. The highest BCUT2D eigenvalue weighted by molar-refractivity contribution is 7.91. The highest BCUT2D eigenvalue weighted by Crippen LogP contribution is 2.10. The number of hydrogen-bond acceptors (Lipinski definition) is 7. The van der Waals surface area contributed by atoms with Crippen molar-refractivity contribution < 1.29 is 21.6 Å². The number of urea groups is 1. The van der Waals surface area contributed by atoms with Crippen molar-refractivity contribution in [3.05, 3.63) is 0 Å². The van der Waals surface area contributed by atoms with Crippen LogP contribution in [0, 0.1) is 0 Å². The van der Waals surface area contributed by atoms with Gasteiger partial charge in [-0.3, -0.25) is 11.3 Å². The second kappa shape index (κ2) is 6.49. The fourth-order valence-electron chi connectivity index (χ4n) is 0.991. The van der Waals surface area contributed by atoms with Crippen LogP contribution >= 0.6 is 11.6 Å². The van der Waals surface area contributed by atoms with Crippen LogP contribution in [0.2, 0.25) is 0 Å².